The summed E-state index contributed by atoms with van der Waals surface area (Å²) in [5, 5.41) is 3.28. The lowest BCUT2D eigenvalue weighted by Crippen LogP contribution is -2.21. The van der Waals surface area contributed by atoms with Crippen LogP contribution in [0.25, 0.3) is 0 Å². The first kappa shape index (κ1) is 18.1. The molecule has 1 N–H and O–H groups in total. The summed E-state index contributed by atoms with van der Waals surface area (Å²) in [6, 6.07) is 8.40. The number of rotatable bonds is 4. The summed E-state index contributed by atoms with van der Waals surface area (Å²) >= 11 is 17.8. The molecule has 7 heteroatoms. The van der Waals surface area contributed by atoms with Crippen LogP contribution in [0.4, 0.5) is 5.69 Å². The average Bonchev–Trinajstić information content (AvgIpc) is 3.03. The van der Waals surface area contributed by atoms with Crippen molar-refractivity contribution in [2.24, 2.45) is 0 Å². The van der Waals surface area contributed by atoms with Crippen molar-refractivity contribution in [3.63, 3.8) is 0 Å². The van der Waals surface area contributed by atoms with Gasteiger partial charge in [-0.3, -0.25) is 4.79 Å². The lowest BCUT2D eigenvalue weighted by atomic mass is 10.1. The van der Waals surface area contributed by atoms with E-state index in [-0.39, 0.29) is 15.7 Å². The van der Waals surface area contributed by atoms with Crippen LogP contribution in [0.15, 0.2) is 30.3 Å². The summed E-state index contributed by atoms with van der Waals surface area (Å²) in [4.78, 5) is 24.1. The highest BCUT2D eigenvalue weighted by molar-refractivity contribution is 6.42. The van der Waals surface area contributed by atoms with Gasteiger partial charge >= 0.3 is 5.97 Å². The molecule has 25 heavy (non-hydrogen) atoms. The molecule has 1 amide bonds. The molecule has 130 valence electrons. The molecule has 0 fully saturated rings. The second-order valence-electron chi connectivity index (χ2n) is 5.71. The van der Waals surface area contributed by atoms with Gasteiger partial charge in [0.1, 0.15) is 0 Å². The summed E-state index contributed by atoms with van der Waals surface area (Å²) in [6.45, 7) is -0.439. The van der Waals surface area contributed by atoms with Crippen LogP contribution in [0, 0.1) is 0 Å². The molecule has 0 saturated heterocycles. The first-order valence-electron chi connectivity index (χ1n) is 7.67. The van der Waals surface area contributed by atoms with Crippen LogP contribution in [0.5, 0.6) is 0 Å². The number of amides is 1. The topological polar surface area (TPSA) is 55.4 Å². The molecule has 0 aromatic heterocycles. The first-order valence-corrected chi connectivity index (χ1v) is 8.81. The summed E-state index contributed by atoms with van der Waals surface area (Å²) in [6.07, 6.45) is 3.10. The maximum atomic E-state index is 12.1. The molecule has 0 radical (unpaired) electrons. The predicted molar refractivity (Wildman–Crippen MR) is 98.9 cm³/mol. The molecule has 0 unspecified atom stereocenters. The van der Waals surface area contributed by atoms with Gasteiger partial charge in [0.2, 0.25) is 0 Å². The molecule has 4 nitrogen and oxygen atoms in total. The number of hydrogen-bond donors (Lipinski definition) is 1. The standard InChI is InChI=1S/C18H14Cl3NO3/c19-13-7-14(20)17(15(21)8-13)22-16(23)9-25-18(24)12-5-4-10-2-1-3-11(10)6-12/h4-8H,1-3,9H2,(H,22,23). The Hall–Kier alpha value is -1.75. The zero-order valence-electron chi connectivity index (χ0n) is 13.1. The van der Waals surface area contributed by atoms with Gasteiger partial charge in [-0.25, -0.2) is 4.79 Å². The number of esters is 1. The van der Waals surface area contributed by atoms with Gasteiger partial charge in [0, 0.05) is 5.02 Å². The summed E-state index contributed by atoms with van der Waals surface area (Å²) in [5.74, 6) is -1.08. The Morgan fingerprint density at radius 1 is 1.00 bits per heavy atom. The monoisotopic (exact) mass is 397 g/mol. The highest BCUT2D eigenvalue weighted by Gasteiger charge is 2.17. The highest BCUT2D eigenvalue weighted by Crippen LogP contribution is 2.33. The van der Waals surface area contributed by atoms with Gasteiger partial charge in [-0.1, -0.05) is 40.9 Å². The lowest BCUT2D eigenvalue weighted by molar-refractivity contribution is -0.119. The fraction of sp³-hybridized carbons (Fsp3) is 0.222. The molecule has 1 aliphatic rings. The van der Waals surface area contributed by atoms with Gasteiger partial charge in [-0.15, -0.1) is 0 Å². The molecular weight excluding hydrogens is 385 g/mol. The molecule has 0 heterocycles. The van der Waals surface area contributed by atoms with E-state index in [1.165, 1.54) is 23.3 Å². The van der Waals surface area contributed by atoms with E-state index in [9.17, 15) is 9.59 Å². The van der Waals surface area contributed by atoms with E-state index >= 15 is 0 Å². The maximum Gasteiger partial charge on any atom is 0.338 e. The van der Waals surface area contributed by atoms with Gasteiger partial charge in [-0.05, 0) is 54.7 Å². The Balaban J connectivity index is 1.60. The number of benzene rings is 2. The van der Waals surface area contributed by atoms with Crippen molar-refractivity contribution in [2.75, 3.05) is 11.9 Å². The number of hydrogen-bond acceptors (Lipinski definition) is 3. The number of aryl methyl sites for hydroxylation is 2. The van der Waals surface area contributed by atoms with Crippen LogP contribution in [0.2, 0.25) is 15.1 Å². The molecule has 3 rings (SSSR count). The third-order valence-electron chi connectivity index (χ3n) is 3.94. The Labute approximate surface area is 160 Å². The molecule has 0 atom stereocenters. The van der Waals surface area contributed by atoms with Crippen LogP contribution < -0.4 is 5.32 Å². The van der Waals surface area contributed by atoms with E-state index in [0.717, 1.165) is 19.3 Å². The smallest absolute Gasteiger partial charge is 0.338 e. The maximum absolute atomic E-state index is 12.1. The second kappa shape index (κ2) is 7.65. The molecule has 1 aliphatic carbocycles. The zero-order valence-corrected chi connectivity index (χ0v) is 15.3. The van der Waals surface area contributed by atoms with Gasteiger partial charge in [0.25, 0.3) is 5.91 Å². The van der Waals surface area contributed by atoms with Crippen molar-refractivity contribution in [1.82, 2.24) is 0 Å². The number of anilines is 1. The highest BCUT2D eigenvalue weighted by atomic mass is 35.5. The van der Waals surface area contributed by atoms with E-state index in [2.05, 4.69) is 5.32 Å². The Kier molecular flexibility index (Phi) is 5.52. The van der Waals surface area contributed by atoms with Gasteiger partial charge in [-0.2, -0.15) is 0 Å². The molecule has 0 saturated carbocycles. The quantitative estimate of drug-likeness (QED) is 0.743. The van der Waals surface area contributed by atoms with Crippen molar-refractivity contribution in [1.29, 1.82) is 0 Å². The molecule has 0 spiro atoms. The van der Waals surface area contributed by atoms with Gasteiger partial charge in [0.05, 0.1) is 21.3 Å². The first-order chi connectivity index (χ1) is 11.9. The van der Waals surface area contributed by atoms with Crippen LogP contribution in [-0.4, -0.2) is 18.5 Å². The number of nitrogens with one attached hydrogen (secondary N) is 1. The van der Waals surface area contributed by atoms with Gasteiger partial charge < -0.3 is 10.1 Å². The van der Waals surface area contributed by atoms with Crippen molar-refractivity contribution in [3.05, 3.63) is 62.1 Å². The van der Waals surface area contributed by atoms with E-state index in [4.69, 9.17) is 39.5 Å². The minimum Gasteiger partial charge on any atom is -0.452 e. The SMILES string of the molecule is O=C(COC(=O)c1ccc2c(c1)CCC2)Nc1c(Cl)cc(Cl)cc1Cl. The van der Waals surface area contributed by atoms with Crippen molar-refractivity contribution >= 4 is 52.4 Å². The number of ether oxygens (including phenoxy) is 1. The molecule has 2 aromatic rings. The predicted octanol–water partition coefficient (Wildman–Crippen LogP) is 4.93. The fourth-order valence-corrected chi connectivity index (χ4v) is 3.66. The minimum atomic E-state index is -0.543. The van der Waals surface area contributed by atoms with Crippen LogP contribution in [0.3, 0.4) is 0 Å². The van der Waals surface area contributed by atoms with Crippen molar-refractivity contribution in [2.45, 2.75) is 19.3 Å². The molecule has 0 aliphatic heterocycles. The molecular formula is C18H14Cl3NO3. The van der Waals surface area contributed by atoms with Crippen molar-refractivity contribution < 1.29 is 14.3 Å². The Morgan fingerprint density at radius 3 is 2.40 bits per heavy atom. The number of halogens is 3. The van der Waals surface area contributed by atoms with E-state index in [0.29, 0.717) is 10.6 Å². The largest absolute Gasteiger partial charge is 0.452 e. The third kappa shape index (κ3) is 4.27. The normalized spacial score (nSPS) is 12.6. The summed E-state index contributed by atoms with van der Waals surface area (Å²) in [7, 11) is 0. The number of carbonyl (C=O) groups excluding carboxylic acids is 2. The summed E-state index contributed by atoms with van der Waals surface area (Å²) < 4.78 is 5.06. The van der Waals surface area contributed by atoms with E-state index in [1.54, 1.807) is 6.07 Å². The Morgan fingerprint density at radius 2 is 1.68 bits per heavy atom. The zero-order chi connectivity index (χ0) is 18.0. The molecule has 2 aromatic carbocycles. The lowest BCUT2D eigenvalue weighted by Gasteiger charge is -2.10. The third-order valence-corrected chi connectivity index (χ3v) is 4.75. The molecule has 0 bridgehead atoms. The van der Waals surface area contributed by atoms with Crippen LogP contribution >= 0.6 is 34.8 Å². The van der Waals surface area contributed by atoms with E-state index < -0.39 is 18.5 Å². The average molecular weight is 399 g/mol. The van der Waals surface area contributed by atoms with Gasteiger partial charge in [0.15, 0.2) is 6.61 Å². The fourth-order valence-electron chi connectivity index (χ4n) is 2.75. The summed E-state index contributed by atoms with van der Waals surface area (Å²) in [5.41, 5.74) is 3.10. The van der Waals surface area contributed by atoms with E-state index in [1.807, 2.05) is 12.1 Å². The van der Waals surface area contributed by atoms with Crippen LogP contribution in [-0.2, 0) is 22.4 Å². The number of carbonyl (C=O) groups is 2. The number of fused-ring (bicyclic) bond motifs is 1. The van der Waals surface area contributed by atoms with Crippen molar-refractivity contribution in [3.8, 4) is 0 Å². The minimum absolute atomic E-state index is 0.204. The second-order valence-corrected chi connectivity index (χ2v) is 6.96. The van der Waals surface area contributed by atoms with Crippen LogP contribution in [0.1, 0.15) is 27.9 Å². The Bertz CT molecular complexity index is 828.